The Morgan fingerprint density at radius 3 is 2.48 bits per heavy atom. The van der Waals surface area contributed by atoms with Crippen molar-refractivity contribution >= 4 is 19.7 Å². The van der Waals surface area contributed by atoms with Crippen molar-refractivity contribution in [3.63, 3.8) is 0 Å². The lowest BCUT2D eigenvalue weighted by molar-refractivity contribution is 0.454. The average Bonchev–Trinajstić information content (AvgIpc) is 3.13. The fourth-order valence-corrected chi connectivity index (χ4v) is 7.48. The zero-order chi connectivity index (χ0) is 16.5. The Hall–Kier alpha value is -1.64. The van der Waals surface area contributed by atoms with Gasteiger partial charge in [0.2, 0.25) is 0 Å². The van der Waals surface area contributed by atoms with Gasteiger partial charge in [-0.15, -0.1) is 0 Å². The first-order valence-corrected chi connectivity index (χ1v) is 10.5. The van der Waals surface area contributed by atoms with Crippen molar-refractivity contribution in [1.82, 2.24) is 5.32 Å². The van der Waals surface area contributed by atoms with Crippen LogP contribution in [0.4, 0.5) is 0 Å². The summed E-state index contributed by atoms with van der Waals surface area (Å²) in [6.45, 7) is 0.286. The van der Waals surface area contributed by atoms with E-state index in [1.807, 2.05) is 0 Å². The second-order valence-electron chi connectivity index (χ2n) is 5.54. The number of hydrogen-bond donors (Lipinski definition) is 1. The number of nitrogens with one attached hydrogen (secondary N) is 1. The lowest BCUT2D eigenvalue weighted by atomic mass is 10.2. The molecule has 0 bridgehead atoms. The first-order valence-electron chi connectivity index (χ1n) is 7.14. The highest BCUT2D eigenvalue weighted by atomic mass is 32.2. The van der Waals surface area contributed by atoms with Crippen LogP contribution < -0.4 is 5.32 Å². The fraction of sp³-hybridized carbons (Fsp3) is 0.333. The lowest BCUT2D eigenvalue weighted by Gasteiger charge is -2.19. The van der Waals surface area contributed by atoms with E-state index in [0.717, 1.165) is 0 Å². The summed E-state index contributed by atoms with van der Waals surface area (Å²) in [4.78, 5) is 0.145. The molecule has 0 aliphatic carbocycles. The second-order valence-corrected chi connectivity index (χ2v) is 9.86. The van der Waals surface area contributed by atoms with Gasteiger partial charge in [-0.2, -0.15) is 0 Å². The molecule has 2 atom stereocenters. The highest BCUT2D eigenvalue weighted by Crippen LogP contribution is 2.26. The molecule has 0 saturated carbocycles. The van der Waals surface area contributed by atoms with E-state index >= 15 is 0 Å². The lowest BCUT2D eigenvalue weighted by Crippen LogP contribution is -2.42. The van der Waals surface area contributed by atoms with Crippen LogP contribution in [0.25, 0.3) is 0 Å². The predicted octanol–water partition coefficient (Wildman–Crippen LogP) is 1.01. The smallest absolute Gasteiger partial charge is 0.183 e. The largest absolute Gasteiger partial charge is 0.468 e. The molecule has 1 aromatic carbocycles. The van der Waals surface area contributed by atoms with Gasteiger partial charge in [-0.25, -0.2) is 16.8 Å². The van der Waals surface area contributed by atoms with Crippen molar-refractivity contribution in [2.24, 2.45) is 0 Å². The molecule has 3 rings (SSSR count). The normalized spacial score (nSPS) is 23.8. The van der Waals surface area contributed by atoms with Gasteiger partial charge in [-0.3, -0.25) is 0 Å². The van der Waals surface area contributed by atoms with Crippen LogP contribution in [0.1, 0.15) is 5.76 Å². The van der Waals surface area contributed by atoms with E-state index in [2.05, 4.69) is 5.32 Å². The molecule has 2 aromatic rings. The van der Waals surface area contributed by atoms with Crippen molar-refractivity contribution in [2.75, 3.05) is 11.5 Å². The Labute approximate surface area is 135 Å². The molecular formula is C15H17NO5S2. The summed E-state index contributed by atoms with van der Waals surface area (Å²) in [7, 11) is -7.12. The van der Waals surface area contributed by atoms with Crippen molar-refractivity contribution in [3.05, 3.63) is 54.5 Å². The molecule has 0 amide bonds. The maximum Gasteiger partial charge on any atom is 0.183 e. The molecule has 6 nitrogen and oxygen atoms in total. The molecule has 2 heterocycles. The molecule has 2 unspecified atom stereocenters. The highest BCUT2D eigenvalue weighted by Gasteiger charge is 2.45. The minimum atomic E-state index is -3.72. The van der Waals surface area contributed by atoms with E-state index in [1.54, 1.807) is 30.3 Å². The van der Waals surface area contributed by atoms with Crippen LogP contribution in [-0.4, -0.2) is 39.6 Å². The van der Waals surface area contributed by atoms with Crippen LogP contribution in [0.15, 0.2) is 58.0 Å². The standard InChI is InChI=1S/C15H17NO5S2/c17-22(18)10-14(16-9-12-5-4-8-21-12)15(11-22)23(19,20)13-6-2-1-3-7-13/h1-8,14-16H,9-11H2. The van der Waals surface area contributed by atoms with Gasteiger partial charge in [0.15, 0.2) is 19.7 Å². The summed E-state index contributed by atoms with van der Waals surface area (Å²) in [5, 5.41) is 2.02. The minimum Gasteiger partial charge on any atom is -0.468 e. The molecule has 23 heavy (non-hydrogen) atoms. The third kappa shape index (κ3) is 3.49. The Morgan fingerprint density at radius 2 is 1.83 bits per heavy atom. The fourth-order valence-electron chi connectivity index (χ4n) is 2.74. The zero-order valence-electron chi connectivity index (χ0n) is 12.3. The van der Waals surface area contributed by atoms with Gasteiger partial charge in [0.25, 0.3) is 0 Å². The quantitative estimate of drug-likeness (QED) is 0.860. The number of hydrogen-bond acceptors (Lipinski definition) is 6. The Balaban J connectivity index is 1.86. The third-order valence-electron chi connectivity index (χ3n) is 3.89. The molecule has 8 heteroatoms. The van der Waals surface area contributed by atoms with E-state index in [1.165, 1.54) is 18.4 Å². The molecule has 0 radical (unpaired) electrons. The van der Waals surface area contributed by atoms with Crippen LogP contribution in [0, 0.1) is 0 Å². The van der Waals surface area contributed by atoms with Gasteiger partial charge in [-0.1, -0.05) is 18.2 Å². The molecule has 1 aromatic heterocycles. The van der Waals surface area contributed by atoms with E-state index in [0.29, 0.717) is 5.76 Å². The van der Waals surface area contributed by atoms with Gasteiger partial charge < -0.3 is 9.73 Å². The van der Waals surface area contributed by atoms with Gasteiger partial charge in [-0.05, 0) is 24.3 Å². The highest BCUT2D eigenvalue weighted by molar-refractivity contribution is 7.96. The van der Waals surface area contributed by atoms with Crippen LogP contribution >= 0.6 is 0 Å². The number of sulfone groups is 2. The van der Waals surface area contributed by atoms with E-state index in [9.17, 15) is 16.8 Å². The van der Waals surface area contributed by atoms with Gasteiger partial charge >= 0.3 is 0 Å². The predicted molar refractivity (Wildman–Crippen MR) is 85.4 cm³/mol. The third-order valence-corrected chi connectivity index (χ3v) is 8.06. The summed E-state index contributed by atoms with van der Waals surface area (Å²) >= 11 is 0. The van der Waals surface area contributed by atoms with Gasteiger partial charge in [0.1, 0.15) is 5.76 Å². The first kappa shape index (κ1) is 16.2. The second kappa shape index (κ2) is 6.10. The average molecular weight is 355 g/mol. The summed E-state index contributed by atoms with van der Waals surface area (Å²) in [5.74, 6) is 0.0787. The van der Waals surface area contributed by atoms with Crippen molar-refractivity contribution in [1.29, 1.82) is 0 Å². The first-order chi connectivity index (χ1) is 10.9. The Kier molecular flexibility index (Phi) is 4.31. The molecule has 124 valence electrons. The van der Waals surface area contributed by atoms with Gasteiger partial charge in [0, 0.05) is 6.04 Å². The SMILES string of the molecule is O=S1(=O)CC(NCc2ccco2)C(S(=O)(=O)c2ccccc2)C1. The van der Waals surface area contributed by atoms with Gasteiger partial charge in [0.05, 0.1) is 34.5 Å². The molecular weight excluding hydrogens is 338 g/mol. The molecule has 1 N–H and O–H groups in total. The number of furan rings is 1. The van der Waals surface area contributed by atoms with E-state index in [4.69, 9.17) is 4.42 Å². The maximum absolute atomic E-state index is 12.8. The van der Waals surface area contributed by atoms with Crippen LogP contribution in [0.2, 0.25) is 0 Å². The minimum absolute atomic E-state index is 0.145. The van der Waals surface area contributed by atoms with Crippen LogP contribution in [-0.2, 0) is 26.2 Å². The molecule has 0 spiro atoms. The molecule has 1 aliphatic rings. The summed E-state index contributed by atoms with van der Waals surface area (Å²) in [6, 6.07) is 10.8. The molecule has 1 fully saturated rings. The van der Waals surface area contributed by atoms with Crippen LogP contribution in [0.3, 0.4) is 0 Å². The van der Waals surface area contributed by atoms with Crippen molar-refractivity contribution in [3.8, 4) is 0 Å². The summed E-state index contributed by atoms with van der Waals surface area (Å²) in [5.41, 5.74) is 0. The zero-order valence-corrected chi connectivity index (χ0v) is 13.9. The van der Waals surface area contributed by atoms with Crippen LogP contribution in [0.5, 0.6) is 0 Å². The molecule has 1 saturated heterocycles. The number of benzene rings is 1. The van der Waals surface area contributed by atoms with Crippen molar-refractivity contribution < 1.29 is 21.3 Å². The topological polar surface area (TPSA) is 93.4 Å². The van der Waals surface area contributed by atoms with E-state index < -0.39 is 31.0 Å². The van der Waals surface area contributed by atoms with Crippen molar-refractivity contribution in [2.45, 2.75) is 22.7 Å². The van der Waals surface area contributed by atoms with E-state index in [-0.39, 0.29) is 22.9 Å². The summed E-state index contributed by atoms with van der Waals surface area (Å²) in [6.07, 6.45) is 1.51. The summed E-state index contributed by atoms with van der Waals surface area (Å²) < 4.78 is 54.6. The monoisotopic (exact) mass is 355 g/mol. The maximum atomic E-state index is 12.8. The Morgan fingerprint density at radius 1 is 1.09 bits per heavy atom. The number of rotatable bonds is 5. The Bertz CT molecular complexity index is 858. The molecule has 1 aliphatic heterocycles.